The highest BCUT2D eigenvalue weighted by molar-refractivity contribution is 8.00. The predicted octanol–water partition coefficient (Wildman–Crippen LogP) is 4.86. The van der Waals surface area contributed by atoms with E-state index >= 15 is 0 Å². The Labute approximate surface area is 153 Å². The highest BCUT2D eigenvalue weighted by Gasteiger charge is 2.17. The van der Waals surface area contributed by atoms with E-state index in [1.54, 1.807) is 0 Å². The van der Waals surface area contributed by atoms with Gasteiger partial charge in [-0.2, -0.15) is 0 Å². The van der Waals surface area contributed by atoms with Crippen molar-refractivity contribution >= 4 is 29.0 Å². The van der Waals surface area contributed by atoms with Crippen LogP contribution in [0.1, 0.15) is 51.1 Å². The molecule has 1 fully saturated rings. The van der Waals surface area contributed by atoms with E-state index in [-0.39, 0.29) is 11.9 Å². The van der Waals surface area contributed by atoms with Crippen LogP contribution in [0.2, 0.25) is 0 Å². The summed E-state index contributed by atoms with van der Waals surface area (Å²) in [5.41, 5.74) is 0.857. The number of pyridine rings is 1. The third-order valence-electron chi connectivity index (χ3n) is 4.90. The summed E-state index contributed by atoms with van der Waals surface area (Å²) in [5, 5.41) is 12.7. The molecular weight excluding hydrogens is 334 g/mol. The van der Waals surface area contributed by atoms with Crippen LogP contribution in [0.15, 0.2) is 29.3 Å². The minimum absolute atomic E-state index is 0.186. The van der Waals surface area contributed by atoms with Crippen LogP contribution in [0.5, 0.6) is 5.75 Å². The second kappa shape index (κ2) is 8.56. The molecule has 1 aliphatic rings. The van der Waals surface area contributed by atoms with Crippen LogP contribution in [0.3, 0.4) is 0 Å². The van der Waals surface area contributed by atoms with Crippen LogP contribution in [-0.4, -0.2) is 27.9 Å². The number of ether oxygens (including phenoxy) is 1. The first-order valence-corrected chi connectivity index (χ1v) is 9.95. The smallest absolute Gasteiger partial charge is 0.293 e. The molecule has 1 heterocycles. The fourth-order valence-electron chi connectivity index (χ4n) is 3.46. The van der Waals surface area contributed by atoms with Gasteiger partial charge in [-0.1, -0.05) is 32.3 Å². The van der Waals surface area contributed by atoms with E-state index in [2.05, 4.69) is 17.1 Å². The van der Waals surface area contributed by atoms with Crippen molar-refractivity contribution in [1.82, 2.24) is 4.98 Å². The first kappa shape index (κ1) is 18.1. The average Bonchev–Trinajstić information content (AvgIpc) is 2.64. The first-order chi connectivity index (χ1) is 12.2. The van der Waals surface area contributed by atoms with Gasteiger partial charge in [0, 0.05) is 27.3 Å². The number of benzene rings is 1. The molecule has 3 rings (SSSR count). The average molecular weight is 359 g/mol. The highest BCUT2D eigenvalue weighted by Crippen LogP contribution is 2.37. The van der Waals surface area contributed by atoms with Crippen LogP contribution in [0.4, 0.5) is 0 Å². The van der Waals surface area contributed by atoms with Crippen LogP contribution in [-0.2, 0) is 16.0 Å². The van der Waals surface area contributed by atoms with Gasteiger partial charge in [0.05, 0.1) is 11.9 Å². The molecule has 1 saturated carbocycles. The van der Waals surface area contributed by atoms with Crippen molar-refractivity contribution in [2.75, 3.05) is 0 Å². The number of carbonyl (C=O) groups is 1. The fraction of sp³-hybridized carbons (Fsp3) is 0.500. The van der Waals surface area contributed by atoms with Gasteiger partial charge in [-0.05, 0) is 31.4 Å². The molecule has 1 atom stereocenters. The van der Waals surface area contributed by atoms with Gasteiger partial charge in [0.1, 0.15) is 11.9 Å². The Kier molecular flexibility index (Phi) is 6.19. The SMILES string of the molecule is CCC(Cc1ncc(O)c2cc(SC3CCCCC3)ccc12)OC=O. The summed E-state index contributed by atoms with van der Waals surface area (Å²) in [6.45, 7) is 2.48. The molecule has 1 aliphatic carbocycles. The molecular formula is C20H25NO3S. The summed E-state index contributed by atoms with van der Waals surface area (Å²) >= 11 is 1.92. The standard InChI is InChI=1S/C20H25NO3S/c1-2-14(24-13-22)10-19-17-9-8-16(11-18(17)20(23)12-21-19)25-15-6-4-3-5-7-15/h8-9,11-15,23H,2-7,10H2,1H3. The van der Waals surface area contributed by atoms with E-state index < -0.39 is 0 Å². The number of thioether (sulfide) groups is 1. The largest absolute Gasteiger partial charge is 0.506 e. The molecule has 0 aliphatic heterocycles. The number of hydrogen-bond donors (Lipinski definition) is 1. The molecule has 4 nitrogen and oxygen atoms in total. The topological polar surface area (TPSA) is 59.4 Å². The van der Waals surface area contributed by atoms with E-state index in [4.69, 9.17) is 4.74 Å². The van der Waals surface area contributed by atoms with E-state index in [1.807, 2.05) is 24.8 Å². The van der Waals surface area contributed by atoms with Crippen molar-refractivity contribution in [2.45, 2.75) is 68.1 Å². The predicted molar refractivity (Wildman–Crippen MR) is 101 cm³/mol. The Morgan fingerprint density at radius 1 is 1.32 bits per heavy atom. The Bertz CT molecular complexity index is 728. The second-order valence-corrected chi connectivity index (χ2v) is 8.02. The molecule has 1 N–H and O–H groups in total. The molecule has 0 spiro atoms. The molecule has 25 heavy (non-hydrogen) atoms. The molecule has 0 radical (unpaired) electrons. The van der Waals surface area contributed by atoms with Crippen molar-refractivity contribution < 1.29 is 14.6 Å². The van der Waals surface area contributed by atoms with Gasteiger partial charge in [-0.3, -0.25) is 9.78 Å². The number of aromatic nitrogens is 1. The lowest BCUT2D eigenvalue weighted by molar-refractivity contribution is -0.133. The number of rotatable bonds is 7. The van der Waals surface area contributed by atoms with E-state index in [0.29, 0.717) is 18.1 Å². The van der Waals surface area contributed by atoms with E-state index in [0.717, 1.165) is 22.9 Å². The van der Waals surface area contributed by atoms with Gasteiger partial charge in [0.15, 0.2) is 0 Å². The minimum atomic E-state index is -0.186. The lowest BCUT2D eigenvalue weighted by Crippen LogP contribution is -2.15. The second-order valence-electron chi connectivity index (χ2n) is 6.64. The molecule has 1 unspecified atom stereocenters. The lowest BCUT2D eigenvalue weighted by Gasteiger charge is -2.21. The Morgan fingerprint density at radius 3 is 2.84 bits per heavy atom. The van der Waals surface area contributed by atoms with Gasteiger partial charge in [-0.15, -0.1) is 11.8 Å². The van der Waals surface area contributed by atoms with Crippen LogP contribution >= 0.6 is 11.8 Å². The number of fused-ring (bicyclic) bond motifs is 1. The summed E-state index contributed by atoms with van der Waals surface area (Å²) in [6.07, 6.45) is 9.15. The number of nitrogens with zero attached hydrogens (tertiary/aromatic N) is 1. The minimum Gasteiger partial charge on any atom is -0.506 e. The molecule has 1 aromatic heterocycles. The third-order valence-corrected chi connectivity index (χ3v) is 6.23. The summed E-state index contributed by atoms with van der Waals surface area (Å²) in [4.78, 5) is 16.2. The van der Waals surface area contributed by atoms with Crippen LogP contribution in [0.25, 0.3) is 10.8 Å². The normalized spacial score (nSPS) is 16.7. The molecule has 1 aromatic carbocycles. The van der Waals surface area contributed by atoms with Gasteiger partial charge in [0.25, 0.3) is 6.47 Å². The Hall–Kier alpha value is -1.75. The molecule has 5 heteroatoms. The maximum atomic E-state index is 10.6. The molecule has 0 amide bonds. The summed E-state index contributed by atoms with van der Waals surface area (Å²) in [7, 11) is 0. The highest BCUT2D eigenvalue weighted by atomic mass is 32.2. The van der Waals surface area contributed by atoms with Gasteiger partial charge in [-0.25, -0.2) is 0 Å². The number of hydrogen-bond acceptors (Lipinski definition) is 5. The zero-order chi connectivity index (χ0) is 17.6. The van der Waals surface area contributed by atoms with Crippen molar-refractivity contribution in [2.24, 2.45) is 0 Å². The maximum absolute atomic E-state index is 10.6. The van der Waals surface area contributed by atoms with Crippen LogP contribution in [0, 0.1) is 0 Å². The van der Waals surface area contributed by atoms with E-state index in [1.165, 1.54) is 43.2 Å². The van der Waals surface area contributed by atoms with E-state index in [9.17, 15) is 9.90 Å². The Morgan fingerprint density at radius 2 is 2.12 bits per heavy atom. The molecule has 2 aromatic rings. The maximum Gasteiger partial charge on any atom is 0.293 e. The van der Waals surface area contributed by atoms with Gasteiger partial charge in [0.2, 0.25) is 0 Å². The monoisotopic (exact) mass is 359 g/mol. The first-order valence-electron chi connectivity index (χ1n) is 9.07. The molecule has 0 saturated heterocycles. The lowest BCUT2D eigenvalue weighted by atomic mass is 10.0. The Balaban J connectivity index is 1.85. The third kappa shape index (κ3) is 4.46. The number of aromatic hydroxyl groups is 1. The fourth-order valence-corrected chi connectivity index (χ4v) is 4.75. The summed E-state index contributed by atoms with van der Waals surface area (Å²) < 4.78 is 5.11. The van der Waals surface area contributed by atoms with Crippen molar-refractivity contribution in [3.63, 3.8) is 0 Å². The molecule has 134 valence electrons. The van der Waals surface area contributed by atoms with Crippen molar-refractivity contribution in [3.8, 4) is 5.75 Å². The van der Waals surface area contributed by atoms with Crippen LogP contribution < -0.4 is 0 Å². The van der Waals surface area contributed by atoms with Gasteiger partial charge < -0.3 is 9.84 Å². The molecule has 0 bridgehead atoms. The van der Waals surface area contributed by atoms with Crippen molar-refractivity contribution in [1.29, 1.82) is 0 Å². The zero-order valence-electron chi connectivity index (χ0n) is 14.6. The zero-order valence-corrected chi connectivity index (χ0v) is 15.4. The van der Waals surface area contributed by atoms with Crippen molar-refractivity contribution in [3.05, 3.63) is 30.1 Å². The number of carbonyl (C=O) groups excluding carboxylic acids is 1. The summed E-state index contributed by atoms with van der Waals surface area (Å²) in [5.74, 6) is 0.203. The quantitative estimate of drug-likeness (QED) is 0.716. The van der Waals surface area contributed by atoms with Gasteiger partial charge >= 0.3 is 0 Å². The summed E-state index contributed by atoms with van der Waals surface area (Å²) in [6, 6.07) is 6.22.